The van der Waals surface area contributed by atoms with E-state index in [-0.39, 0.29) is 0 Å². The van der Waals surface area contributed by atoms with E-state index in [1.54, 1.807) is 0 Å². The highest BCUT2D eigenvalue weighted by Crippen LogP contribution is 2.05. The molecule has 4 nitrogen and oxygen atoms in total. The maximum Gasteiger partial charge on any atom is 0.516 e. The van der Waals surface area contributed by atoms with Crippen molar-refractivity contribution >= 4 is 8.88 Å². The van der Waals surface area contributed by atoms with Gasteiger partial charge in [-0.05, 0) is 25.9 Å². The summed E-state index contributed by atoms with van der Waals surface area (Å²) in [6, 6.07) is 0. The molecule has 0 spiro atoms. The Hall–Kier alpha value is 0.0569. The summed E-state index contributed by atoms with van der Waals surface area (Å²) in [7, 11) is 1.39. The molecule has 0 radical (unpaired) electrons. The smallest absolute Gasteiger partial charge is 0.370 e. The molecule has 0 rings (SSSR count). The Morgan fingerprint density at radius 2 is 1.20 bits per heavy atom. The van der Waals surface area contributed by atoms with Crippen molar-refractivity contribution in [2.24, 2.45) is 11.8 Å². The summed E-state index contributed by atoms with van der Waals surface area (Å²) in [5.41, 5.74) is 0. The van der Waals surface area contributed by atoms with Crippen LogP contribution in [0.15, 0.2) is 0 Å². The van der Waals surface area contributed by atoms with Gasteiger partial charge in [-0.15, -0.1) is 0 Å². The fraction of sp³-hybridized carbons (Fsp3) is 1.00. The molecule has 5 heteroatoms. The maximum atomic E-state index is 5.83. The van der Waals surface area contributed by atoms with Crippen molar-refractivity contribution in [3.05, 3.63) is 0 Å². The molecule has 0 saturated carbocycles. The summed E-state index contributed by atoms with van der Waals surface area (Å²) >= 11 is 0. The van der Waals surface area contributed by atoms with Crippen LogP contribution in [0.1, 0.15) is 27.7 Å². The van der Waals surface area contributed by atoms with Crippen LogP contribution in [0.25, 0.3) is 0 Å². The minimum absolute atomic E-state index is 0.515. The van der Waals surface area contributed by atoms with Gasteiger partial charge in [0.1, 0.15) is 0 Å². The van der Waals surface area contributed by atoms with Gasteiger partial charge in [-0.25, -0.2) is 0 Å². The standard InChI is InChI=1S/C10H26N2O2Si/c1-9(2)7-13-15(11-5,12-6)14-8-10(3)4/h9-12H,7-8H2,1-6H3. The topological polar surface area (TPSA) is 42.5 Å². The van der Waals surface area contributed by atoms with Crippen molar-refractivity contribution in [2.45, 2.75) is 27.7 Å². The molecule has 0 aliphatic heterocycles. The minimum atomic E-state index is -2.37. The van der Waals surface area contributed by atoms with E-state index in [1.807, 2.05) is 14.1 Å². The zero-order chi connectivity index (χ0) is 11.9. The molecule has 0 bridgehead atoms. The summed E-state index contributed by atoms with van der Waals surface area (Å²) in [4.78, 5) is 6.32. The lowest BCUT2D eigenvalue weighted by molar-refractivity contribution is 0.123. The summed E-state index contributed by atoms with van der Waals surface area (Å²) < 4.78 is 11.7. The zero-order valence-corrected chi connectivity index (χ0v) is 11.9. The molecule has 0 amide bonds. The van der Waals surface area contributed by atoms with Gasteiger partial charge in [0.15, 0.2) is 0 Å². The van der Waals surface area contributed by atoms with Gasteiger partial charge < -0.3 is 8.85 Å². The minimum Gasteiger partial charge on any atom is -0.370 e. The van der Waals surface area contributed by atoms with Crippen LogP contribution in [-0.4, -0.2) is 36.2 Å². The van der Waals surface area contributed by atoms with Gasteiger partial charge in [-0.3, -0.25) is 9.96 Å². The van der Waals surface area contributed by atoms with E-state index in [9.17, 15) is 0 Å². The Labute approximate surface area is 95.1 Å². The van der Waals surface area contributed by atoms with Crippen molar-refractivity contribution in [1.29, 1.82) is 0 Å². The van der Waals surface area contributed by atoms with Crippen LogP contribution in [0.3, 0.4) is 0 Å². The van der Waals surface area contributed by atoms with Gasteiger partial charge >= 0.3 is 8.88 Å². The Bertz CT molecular complexity index is 148. The van der Waals surface area contributed by atoms with Crippen LogP contribution < -0.4 is 9.96 Å². The van der Waals surface area contributed by atoms with Crippen LogP contribution in [-0.2, 0) is 8.85 Å². The normalized spacial score (nSPS) is 12.8. The Balaban J connectivity index is 4.17. The molecule has 0 aliphatic carbocycles. The molecule has 0 aliphatic rings. The monoisotopic (exact) mass is 234 g/mol. The maximum absolute atomic E-state index is 5.83. The highest BCUT2D eigenvalue weighted by atomic mass is 28.4. The first-order valence-corrected chi connectivity index (χ1v) is 7.43. The largest absolute Gasteiger partial charge is 0.516 e. The van der Waals surface area contributed by atoms with Gasteiger partial charge in [-0.1, -0.05) is 27.7 Å². The fourth-order valence-electron chi connectivity index (χ4n) is 1.02. The second-order valence-corrected chi connectivity index (χ2v) is 7.34. The summed E-state index contributed by atoms with van der Waals surface area (Å²) in [6.45, 7) is 9.96. The average Bonchev–Trinajstić information content (AvgIpc) is 2.19. The van der Waals surface area contributed by atoms with Crippen LogP contribution in [0.5, 0.6) is 0 Å². The van der Waals surface area contributed by atoms with Crippen molar-refractivity contribution in [3.8, 4) is 0 Å². The van der Waals surface area contributed by atoms with Crippen LogP contribution >= 0.6 is 0 Å². The van der Waals surface area contributed by atoms with E-state index in [0.717, 1.165) is 0 Å². The second-order valence-electron chi connectivity index (χ2n) is 4.53. The first kappa shape index (κ1) is 15.1. The molecule has 2 N–H and O–H groups in total. The summed E-state index contributed by atoms with van der Waals surface area (Å²) in [6.07, 6.45) is 0. The van der Waals surface area contributed by atoms with E-state index in [1.165, 1.54) is 0 Å². The lowest BCUT2D eigenvalue weighted by Gasteiger charge is -2.29. The highest BCUT2D eigenvalue weighted by molar-refractivity contribution is 6.61. The van der Waals surface area contributed by atoms with E-state index in [2.05, 4.69) is 37.7 Å². The third kappa shape index (κ3) is 6.27. The lowest BCUT2D eigenvalue weighted by Crippen LogP contribution is -2.65. The molecular formula is C10H26N2O2Si. The van der Waals surface area contributed by atoms with Gasteiger partial charge in [0.05, 0.1) is 0 Å². The molecule has 92 valence electrons. The van der Waals surface area contributed by atoms with Crippen LogP contribution in [0.2, 0.25) is 0 Å². The summed E-state index contributed by atoms with van der Waals surface area (Å²) in [5.74, 6) is 1.03. The summed E-state index contributed by atoms with van der Waals surface area (Å²) in [5, 5.41) is 0. The molecule has 0 saturated heterocycles. The van der Waals surface area contributed by atoms with Crippen molar-refractivity contribution < 1.29 is 8.85 Å². The molecule has 0 aromatic rings. The van der Waals surface area contributed by atoms with Crippen LogP contribution in [0, 0.1) is 11.8 Å². The number of rotatable bonds is 8. The SMILES string of the molecule is CN[Si](NC)(OCC(C)C)OCC(C)C. The lowest BCUT2D eigenvalue weighted by atomic mass is 10.2. The number of hydrogen-bond acceptors (Lipinski definition) is 4. The molecule has 0 atom stereocenters. The van der Waals surface area contributed by atoms with E-state index in [0.29, 0.717) is 25.0 Å². The molecule has 15 heavy (non-hydrogen) atoms. The van der Waals surface area contributed by atoms with Crippen molar-refractivity contribution in [3.63, 3.8) is 0 Å². The van der Waals surface area contributed by atoms with E-state index in [4.69, 9.17) is 8.85 Å². The predicted molar refractivity (Wildman–Crippen MR) is 65.5 cm³/mol. The Morgan fingerprint density at radius 3 is 1.40 bits per heavy atom. The molecule has 0 aromatic carbocycles. The molecule has 0 heterocycles. The Morgan fingerprint density at radius 1 is 0.867 bits per heavy atom. The molecule has 0 aromatic heterocycles. The third-order valence-corrected chi connectivity index (χ3v) is 4.36. The van der Waals surface area contributed by atoms with Crippen molar-refractivity contribution in [1.82, 2.24) is 9.96 Å². The third-order valence-electron chi connectivity index (χ3n) is 1.90. The average molecular weight is 234 g/mol. The quantitative estimate of drug-likeness (QED) is 0.620. The first-order valence-electron chi connectivity index (χ1n) is 5.61. The first-order chi connectivity index (χ1) is 6.95. The Kier molecular flexibility index (Phi) is 7.38. The van der Waals surface area contributed by atoms with Crippen LogP contribution in [0.4, 0.5) is 0 Å². The van der Waals surface area contributed by atoms with Gasteiger partial charge in [0.25, 0.3) is 0 Å². The van der Waals surface area contributed by atoms with Gasteiger partial charge in [0, 0.05) is 13.2 Å². The van der Waals surface area contributed by atoms with Crippen molar-refractivity contribution in [2.75, 3.05) is 27.3 Å². The number of nitrogens with one attached hydrogen (secondary N) is 2. The predicted octanol–water partition coefficient (Wildman–Crippen LogP) is 1.21. The highest BCUT2D eigenvalue weighted by Gasteiger charge is 2.36. The molecule has 0 unspecified atom stereocenters. The van der Waals surface area contributed by atoms with E-state index < -0.39 is 8.88 Å². The molecule has 0 fully saturated rings. The number of hydrogen-bond donors (Lipinski definition) is 2. The molecular weight excluding hydrogens is 208 g/mol. The zero-order valence-electron chi connectivity index (χ0n) is 10.9. The fourth-order valence-corrected chi connectivity index (χ4v) is 3.07. The van der Waals surface area contributed by atoms with Gasteiger partial charge in [0.2, 0.25) is 0 Å². The second kappa shape index (κ2) is 7.35. The van der Waals surface area contributed by atoms with Gasteiger partial charge in [-0.2, -0.15) is 0 Å². The van der Waals surface area contributed by atoms with E-state index >= 15 is 0 Å².